The number of para-hydroxylation sites is 1. The van der Waals surface area contributed by atoms with Crippen molar-refractivity contribution in [3.63, 3.8) is 0 Å². The molecule has 1 aromatic rings. The SMILES string of the molecule is CC(C)C(O)C(=O)C[C@H](Nc1ccccc1)C(=O)O. The number of carboxylic acid groups (broad SMARTS) is 1. The summed E-state index contributed by atoms with van der Waals surface area (Å²) in [5.74, 6) is -1.81. The largest absolute Gasteiger partial charge is 0.480 e. The van der Waals surface area contributed by atoms with Crippen molar-refractivity contribution < 1.29 is 19.8 Å². The third-order valence-electron chi connectivity index (χ3n) is 2.78. The highest BCUT2D eigenvalue weighted by atomic mass is 16.4. The molecule has 3 N–H and O–H groups in total. The second kappa shape index (κ2) is 6.89. The maximum atomic E-state index is 11.7. The quantitative estimate of drug-likeness (QED) is 0.696. The average molecular weight is 265 g/mol. The van der Waals surface area contributed by atoms with E-state index in [9.17, 15) is 14.7 Å². The van der Waals surface area contributed by atoms with E-state index >= 15 is 0 Å². The molecule has 0 bridgehead atoms. The fourth-order valence-electron chi connectivity index (χ4n) is 1.63. The Morgan fingerprint density at radius 3 is 2.26 bits per heavy atom. The van der Waals surface area contributed by atoms with Crippen LogP contribution in [0.1, 0.15) is 20.3 Å². The summed E-state index contributed by atoms with van der Waals surface area (Å²) in [6.45, 7) is 3.42. The number of hydrogen-bond donors (Lipinski definition) is 3. The minimum atomic E-state index is -1.13. The van der Waals surface area contributed by atoms with Crippen LogP contribution in [0.15, 0.2) is 30.3 Å². The van der Waals surface area contributed by atoms with Crippen molar-refractivity contribution in [2.45, 2.75) is 32.4 Å². The predicted octanol–water partition coefficient (Wildman–Crippen LogP) is 1.53. The van der Waals surface area contributed by atoms with Gasteiger partial charge in [0, 0.05) is 12.1 Å². The van der Waals surface area contributed by atoms with Crippen LogP contribution >= 0.6 is 0 Å². The molecule has 5 heteroatoms. The van der Waals surface area contributed by atoms with Crippen LogP contribution in [-0.2, 0) is 9.59 Å². The standard InChI is InChI=1S/C14H19NO4/c1-9(2)13(17)12(16)8-11(14(18)19)15-10-6-4-3-5-7-10/h3-7,9,11,13,15,17H,8H2,1-2H3,(H,18,19)/t11-,13?/m0/s1. The van der Waals surface area contributed by atoms with Crippen LogP contribution in [0.4, 0.5) is 5.69 Å². The van der Waals surface area contributed by atoms with Gasteiger partial charge in [-0.05, 0) is 18.1 Å². The molecule has 0 heterocycles. The average Bonchev–Trinajstić information content (AvgIpc) is 2.37. The van der Waals surface area contributed by atoms with E-state index < -0.39 is 23.9 Å². The highest BCUT2D eigenvalue weighted by Gasteiger charge is 2.26. The number of rotatable bonds is 7. The van der Waals surface area contributed by atoms with Gasteiger partial charge >= 0.3 is 5.97 Å². The molecular formula is C14H19NO4. The number of nitrogens with one attached hydrogen (secondary N) is 1. The molecular weight excluding hydrogens is 246 g/mol. The van der Waals surface area contributed by atoms with Crippen molar-refractivity contribution in [1.82, 2.24) is 0 Å². The lowest BCUT2D eigenvalue weighted by Gasteiger charge is -2.18. The number of anilines is 1. The van der Waals surface area contributed by atoms with Crippen LogP contribution in [-0.4, -0.2) is 34.1 Å². The number of aliphatic hydroxyl groups is 1. The summed E-state index contributed by atoms with van der Waals surface area (Å²) < 4.78 is 0. The van der Waals surface area contributed by atoms with Crippen molar-refractivity contribution in [3.8, 4) is 0 Å². The summed E-state index contributed by atoms with van der Waals surface area (Å²) in [5.41, 5.74) is 0.627. The summed E-state index contributed by atoms with van der Waals surface area (Å²) >= 11 is 0. The maximum Gasteiger partial charge on any atom is 0.326 e. The highest BCUT2D eigenvalue weighted by Crippen LogP contribution is 2.12. The topological polar surface area (TPSA) is 86.6 Å². The van der Waals surface area contributed by atoms with E-state index in [1.165, 1.54) is 0 Å². The van der Waals surface area contributed by atoms with E-state index in [-0.39, 0.29) is 12.3 Å². The van der Waals surface area contributed by atoms with Gasteiger partial charge < -0.3 is 15.5 Å². The molecule has 0 fully saturated rings. The molecule has 0 aliphatic rings. The number of ketones is 1. The molecule has 0 spiro atoms. The van der Waals surface area contributed by atoms with Gasteiger partial charge in [-0.15, -0.1) is 0 Å². The Bertz CT molecular complexity index is 430. The molecule has 0 aliphatic heterocycles. The second-order valence-corrected chi connectivity index (χ2v) is 4.76. The van der Waals surface area contributed by atoms with E-state index in [1.54, 1.807) is 38.1 Å². The molecule has 0 radical (unpaired) electrons. The number of hydrogen-bond acceptors (Lipinski definition) is 4. The van der Waals surface area contributed by atoms with Crippen LogP contribution in [0.3, 0.4) is 0 Å². The van der Waals surface area contributed by atoms with Crippen molar-refractivity contribution in [1.29, 1.82) is 0 Å². The van der Waals surface area contributed by atoms with Crippen LogP contribution in [0.5, 0.6) is 0 Å². The molecule has 104 valence electrons. The summed E-state index contributed by atoms with van der Waals surface area (Å²) in [4.78, 5) is 22.9. The molecule has 0 saturated heterocycles. The number of benzene rings is 1. The van der Waals surface area contributed by atoms with E-state index in [1.807, 2.05) is 6.07 Å². The first-order valence-corrected chi connectivity index (χ1v) is 6.17. The van der Waals surface area contributed by atoms with Crippen molar-refractivity contribution in [2.24, 2.45) is 5.92 Å². The Morgan fingerprint density at radius 1 is 1.21 bits per heavy atom. The first-order valence-electron chi connectivity index (χ1n) is 6.17. The highest BCUT2D eigenvalue weighted by molar-refractivity contribution is 5.90. The zero-order valence-electron chi connectivity index (χ0n) is 11.0. The number of aliphatic carboxylic acids is 1. The predicted molar refractivity (Wildman–Crippen MR) is 72.0 cm³/mol. The Labute approximate surface area is 112 Å². The fraction of sp³-hybridized carbons (Fsp3) is 0.429. The zero-order chi connectivity index (χ0) is 14.4. The Morgan fingerprint density at radius 2 is 1.79 bits per heavy atom. The molecule has 0 aliphatic carbocycles. The van der Waals surface area contributed by atoms with Gasteiger partial charge in [0.05, 0.1) is 0 Å². The van der Waals surface area contributed by atoms with Gasteiger partial charge in [-0.1, -0.05) is 32.0 Å². The summed E-state index contributed by atoms with van der Waals surface area (Å²) in [6.07, 6.45) is -1.37. The lowest BCUT2D eigenvalue weighted by atomic mass is 9.98. The van der Waals surface area contributed by atoms with Crippen molar-refractivity contribution in [2.75, 3.05) is 5.32 Å². The van der Waals surface area contributed by atoms with E-state index in [4.69, 9.17) is 5.11 Å². The molecule has 1 aromatic carbocycles. The smallest absolute Gasteiger partial charge is 0.326 e. The van der Waals surface area contributed by atoms with Gasteiger partial charge in [-0.2, -0.15) is 0 Å². The molecule has 0 saturated carbocycles. The van der Waals surface area contributed by atoms with Gasteiger partial charge in [-0.25, -0.2) is 4.79 Å². The Hall–Kier alpha value is -1.88. The minimum absolute atomic E-state index is 0.223. The lowest BCUT2D eigenvalue weighted by molar-refractivity contribution is -0.141. The van der Waals surface area contributed by atoms with Gasteiger partial charge in [0.15, 0.2) is 5.78 Å². The summed E-state index contributed by atoms with van der Waals surface area (Å²) in [7, 11) is 0. The number of aliphatic hydroxyl groups excluding tert-OH is 1. The van der Waals surface area contributed by atoms with Gasteiger partial charge in [-0.3, -0.25) is 4.79 Å². The van der Waals surface area contributed by atoms with E-state index in [2.05, 4.69) is 5.32 Å². The number of Topliss-reactive ketones (excluding diaryl/α,β-unsaturated/α-hetero) is 1. The zero-order valence-corrected chi connectivity index (χ0v) is 11.0. The van der Waals surface area contributed by atoms with E-state index in [0.29, 0.717) is 5.69 Å². The monoisotopic (exact) mass is 265 g/mol. The van der Waals surface area contributed by atoms with Gasteiger partial charge in [0.1, 0.15) is 12.1 Å². The van der Waals surface area contributed by atoms with Crippen LogP contribution < -0.4 is 5.32 Å². The second-order valence-electron chi connectivity index (χ2n) is 4.76. The maximum absolute atomic E-state index is 11.7. The normalized spacial score (nSPS) is 13.9. The van der Waals surface area contributed by atoms with Crippen LogP contribution in [0, 0.1) is 5.92 Å². The Balaban J connectivity index is 2.69. The van der Waals surface area contributed by atoms with Crippen LogP contribution in [0.2, 0.25) is 0 Å². The summed E-state index contributed by atoms with van der Waals surface area (Å²) in [5, 5.41) is 21.5. The first kappa shape index (κ1) is 15.2. The molecule has 19 heavy (non-hydrogen) atoms. The van der Waals surface area contributed by atoms with Gasteiger partial charge in [0.25, 0.3) is 0 Å². The van der Waals surface area contributed by atoms with E-state index in [0.717, 1.165) is 0 Å². The number of carbonyl (C=O) groups is 2. The third kappa shape index (κ3) is 4.71. The molecule has 0 aromatic heterocycles. The van der Waals surface area contributed by atoms with Gasteiger partial charge in [0.2, 0.25) is 0 Å². The number of carbonyl (C=O) groups excluding carboxylic acids is 1. The molecule has 5 nitrogen and oxygen atoms in total. The molecule has 1 rings (SSSR count). The Kier molecular flexibility index (Phi) is 5.51. The minimum Gasteiger partial charge on any atom is -0.480 e. The third-order valence-corrected chi connectivity index (χ3v) is 2.78. The molecule has 1 unspecified atom stereocenters. The number of carboxylic acids is 1. The molecule has 2 atom stereocenters. The van der Waals surface area contributed by atoms with Crippen molar-refractivity contribution in [3.05, 3.63) is 30.3 Å². The summed E-state index contributed by atoms with van der Waals surface area (Å²) in [6, 6.07) is 7.76. The lowest BCUT2D eigenvalue weighted by Crippen LogP contribution is -2.36. The van der Waals surface area contributed by atoms with Crippen molar-refractivity contribution >= 4 is 17.4 Å². The fourth-order valence-corrected chi connectivity index (χ4v) is 1.63. The molecule has 0 amide bonds. The first-order chi connectivity index (χ1) is 8.91. The van der Waals surface area contributed by atoms with Crippen LogP contribution in [0.25, 0.3) is 0 Å².